The SMILES string of the molecule is O=C(O)c1ccc2cc(O[C@@H]3[C@@H](O)[C@H](O)[C@@H](CO)O[C@H]3O)ccc2c1. The van der Waals surface area contributed by atoms with Gasteiger partial charge in [-0.2, -0.15) is 0 Å². The summed E-state index contributed by atoms with van der Waals surface area (Å²) < 4.78 is 10.6. The minimum Gasteiger partial charge on any atom is -0.482 e. The Morgan fingerprint density at radius 1 is 1.04 bits per heavy atom. The van der Waals surface area contributed by atoms with Gasteiger partial charge in [-0.05, 0) is 35.0 Å². The Morgan fingerprint density at radius 3 is 2.40 bits per heavy atom. The van der Waals surface area contributed by atoms with Crippen molar-refractivity contribution in [3.05, 3.63) is 42.0 Å². The lowest BCUT2D eigenvalue weighted by Gasteiger charge is -2.39. The Kier molecular flexibility index (Phi) is 4.89. The van der Waals surface area contributed by atoms with Crippen LogP contribution in [0.3, 0.4) is 0 Å². The van der Waals surface area contributed by atoms with Crippen molar-refractivity contribution >= 4 is 16.7 Å². The summed E-state index contributed by atoms with van der Waals surface area (Å²) in [5, 5.41) is 49.4. The summed E-state index contributed by atoms with van der Waals surface area (Å²) in [6.07, 6.45) is -6.73. The molecule has 1 aliphatic heterocycles. The second-order valence-corrected chi connectivity index (χ2v) is 5.84. The highest BCUT2D eigenvalue weighted by Crippen LogP contribution is 2.27. The molecule has 134 valence electrons. The first kappa shape index (κ1) is 17.6. The van der Waals surface area contributed by atoms with Gasteiger partial charge in [0.05, 0.1) is 12.2 Å². The molecule has 0 amide bonds. The van der Waals surface area contributed by atoms with E-state index in [2.05, 4.69) is 0 Å². The lowest BCUT2D eigenvalue weighted by Crippen LogP contribution is -2.60. The van der Waals surface area contributed by atoms with Crippen LogP contribution in [0, 0.1) is 0 Å². The van der Waals surface area contributed by atoms with E-state index in [9.17, 15) is 20.1 Å². The molecule has 5 atom stereocenters. The van der Waals surface area contributed by atoms with Crippen molar-refractivity contribution in [2.45, 2.75) is 30.7 Å². The van der Waals surface area contributed by atoms with E-state index in [1.807, 2.05) is 0 Å². The molecular formula is C17H18O8. The minimum atomic E-state index is -1.53. The zero-order valence-electron chi connectivity index (χ0n) is 13.0. The van der Waals surface area contributed by atoms with Crippen molar-refractivity contribution in [2.24, 2.45) is 0 Å². The molecule has 1 fully saturated rings. The molecule has 0 spiro atoms. The maximum absolute atomic E-state index is 11.0. The number of aliphatic hydroxyl groups is 4. The average Bonchev–Trinajstić information content (AvgIpc) is 2.61. The number of carboxylic acid groups (broad SMARTS) is 1. The maximum atomic E-state index is 11.0. The van der Waals surface area contributed by atoms with Crippen molar-refractivity contribution in [1.82, 2.24) is 0 Å². The first-order valence-electron chi connectivity index (χ1n) is 7.65. The van der Waals surface area contributed by atoms with Gasteiger partial charge in [-0.25, -0.2) is 4.79 Å². The lowest BCUT2D eigenvalue weighted by molar-refractivity contribution is -0.280. The van der Waals surface area contributed by atoms with Gasteiger partial charge in [0.15, 0.2) is 12.4 Å². The molecule has 3 rings (SSSR count). The van der Waals surface area contributed by atoms with E-state index < -0.39 is 43.3 Å². The predicted molar refractivity (Wildman–Crippen MR) is 85.3 cm³/mol. The molecule has 0 aromatic heterocycles. The van der Waals surface area contributed by atoms with Crippen LogP contribution in [0.5, 0.6) is 5.75 Å². The molecule has 0 saturated carbocycles. The van der Waals surface area contributed by atoms with Crippen LogP contribution < -0.4 is 4.74 Å². The zero-order valence-corrected chi connectivity index (χ0v) is 13.0. The minimum absolute atomic E-state index is 0.158. The number of benzene rings is 2. The summed E-state index contributed by atoms with van der Waals surface area (Å²) in [7, 11) is 0. The van der Waals surface area contributed by atoms with E-state index >= 15 is 0 Å². The molecule has 5 N–H and O–H groups in total. The van der Waals surface area contributed by atoms with Gasteiger partial charge in [0.1, 0.15) is 24.1 Å². The monoisotopic (exact) mass is 350 g/mol. The smallest absolute Gasteiger partial charge is 0.335 e. The van der Waals surface area contributed by atoms with Gasteiger partial charge in [0.2, 0.25) is 0 Å². The Morgan fingerprint density at radius 2 is 1.72 bits per heavy atom. The van der Waals surface area contributed by atoms with Gasteiger partial charge in [0, 0.05) is 0 Å². The highest BCUT2D eigenvalue weighted by atomic mass is 16.7. The molecule has 25 heavy (non-hydrogen) atoms. The fourth-order valence-corrected chi connectivity index (χ4v) is 2.79. The second-order valence-electron chi connectivity index (χ2n) is 5.84. The summed E-state index contributed by atoms with van der Waals surface area (Å²) >= 11 is 0. The van der Waals surface area contributed by atoms with E-state index in [-0.39, 0.29) is 5.56 Å². The summed E-state index contributed by atoms with van der Waals surface area (Å²) in [5.74, 6) is -0.725. The van der Waals surface area contributed by atoms with E-state index in [1.165, 1.54) is 12.1 Å². The first-order chi connectivity index (χ1) is 11.9. The van der Waals surface area contributed by atoms with Crippen LogP contribution in [0.2, 0.25) is 0 Å². The van der Waals surface area contributed by atoms with E-state index in [4.69, 9.17) is 19.7 Å². The van der Waals surface area contributed by atoms with Gasteiger partial charge in [-0.3, -0.25) is 0 Å². The van der Waals surface area contributed by atoms with Crippen LogP contribution >= 0.6 is 0 Å². The molecule has 2 aromatic rings. The lowest BCUT2D eigenvalue weighted by atomic mass is 9.99. The Labute approximate surface area is 142 Å². The largest absolute Gasteiger partial charge is 0.482 e. The van der Waals surface area contributed by atoms with E-state index in [0.29, 0.717) is 16.5 Å². The number of hydrogen-bond acceptors (Lipinski definition) is 7. The summed E-state index contributed by atoms with van der Waals surface area (Å²) in [6, 6.07) is 9.41. The zero-order chi connectivity index (χ0) is 18.1. The Hall–Kier alpha value is -2.23. The van der Waals surface area contributed by atoms with E-state index in [0.717, 1.165) is 0 Å². The van der Waals surface area contributed by atoms with Crippen molar-refractivity contribution in [2.75, 3.05) is 6.61 Å². The molecule has 1 heterocycles. The highest BCUT2D eigenvalue weighted by Gasteiger charge is 2.45. The Bertz CT molecular complexity index is 776. The molecule has 0 aliphatic carbocycles. The van der Waals surface area contributed by atoms with Gasteiger partial charge in [-0.15, -0.1) is 0 Å². The van der Waals surface area contributed by atoms with Crippen LogP contribution in [0.4, 0.5) is 0 Å². The number of rotatable bonds is 4. The number of fused-ring (bicyclic) bond motifs is 1. The molecule has 1 aliphatic rings. The normalized spacial score (nSPS) is 29.5. The van der Waals surface area contributed by atoms with Gasteiger partial charge in [-0.1, -0.05) is 12.1 Å². The third-order valence-corrected chi connectivity index (χ3v) is 4.17. The van der Waals surface area contributed by atoms with Crippen molar-refractivity contribution in [3.63, 3.8) is 0 Å². The predicted octanol–water partition coefficient (Wildman–Crippen LogP) is -0.283. The third kappa shape index (κ3) is 3.44. The van der Waals surface area contributed by atoms with E-state index in [1.54, 1.807) is 24.3 Å². The molecule has 1 saturated heterocycles. The van der Waals surface area contributed by atoms with Crippen molar-refractivity contribution in [3.8, 4) is 5.75 Å². The quantitative estimate of drug-likeness (QED) is 0.508. The molecule has 8 nitrogen and oxygen atoms in total. The molecular weight excluding hydrogens is 332 g/mol. The molecule has 0 bridgehead atoms. The number of hydrogen-bond donors (Lipinski definition) is 5. The number of ether oxygens (including phenoxy) is 2. The van der Waals surface area contributed by atoms with Gasteiger partial charge in [0.25, 0.3) is 0 Å². The van der Waals surface area contributed by atoms with Crippen molar-refractivity contribution in [1.29, 1.82) is 0 Å². The van der Waals surface area contributed by atoms with Gasteiger partial charge >= 0.3 is 5.97 Å². The maximum Gasteiger partial charge on any atom is 0.335 e. The van der Waals surface area contributed by atoms with Gasteiger partial charge < -0.3 is 35.0 Å². The third-order valence-electron chi connectivity index (χ3n) is 4.17. The standard InChI is InChI=1S/C17H18O8/c18-7-12-13(19)14(20)15(17(23)25-12)24-11-4-3-8-5-10(16(21)22)2-1-9(8)6-11/h1-6,12-15,17-20,23H,7H2,(H,21,22)/t12-,13-,14+,15-,17-/m1/s1. The van der Waals surface area contributed by atoms with Crippen LogP contribution in [-0.4, -0.2) is 68.8 Å². The Balaban J connectivity index is 1.82. The molecule has 2 aromatic carbocycles. The van der Waals surface area contributed by atoms with Crippen LogP contribution in [0.15, 0.2) is 36.4 Å². The molecule has 0 radical (unpaired) electrons. The number of aromatic carboxylic acids is 1. The highest BCUT2D eigenvalue weighted by molar-refractivity contribution is 5.94. The summed E-state index contributed by atoms with van der Waals surface area (Å²) in [4.78, 5) is 11.0. The number of carboxylic acids is 1. The average molecular weight is 350 g/mol. The van der Waals surface area contributed by atoms with Crippen LogP contribution in [0.25, 0.3) is 10.8 Å². The van der Waals surface area contributed by atoms with Crippen LogP contribution in [0.1, 0.15) is 10.4 Å². The molecule has 8 heteroatoms. The number of aliphatic hydroxyl groups excluding tert-OH is 4. The topological polar surface area (TPSA) is 137 Å². The number of carbonyl (C=O) groups is 1. The summed E-state index contributed by atoms with van der Waals surface area (Å²) in [5.41, 5.74) is 0.158. The fraction of sp³-hybridized carbons (Fsp3) is 0.353. The molecule has 0 unspecified atom stereocenters. The first-order valence-corrected chi connectivity index (χ1v) is 7.65. The second kappa shape index (κ2) is 6.95. The van der Waals surface area contributed by atoms with Crippen LogP contribution in [-0.2, 0) is 4.74 Å². The van der Waals surface area contributed by atoms with Crippen molar-refractivity contribution < 1.29 is 39.8 Å². The summed E-state index contributed by atoms with van der Waals surface area (Å²) in [6.45, 7) is -0.552. The fourth-order valence-electron chi connectivity index (χ4n) is 2.79.